The SMILES string of the molecule is C=CC(=O)Nc1ccc(N(C)CCN(C)C)cc1-c1n[nH]c2c1CCC(c1c(Cl)c(OC)cc(OCc3c(OC)c(Cl)c(C4CCc5c(-c6c(NC(=O)C=C)cnn6C)n[nH]c5C4)c(Cl)c3OC)c1Cl)C2. The number of carbonyl (C=O) groups is 2. The van der Waals surface area contributed by atoms with Crippen molar-refractivity contribution >= 4 is 75.3 Å². The number of benzene rings is 3. The van der Waals surface area contributed by atoms with Crippen LogP contribution >= 0.6 is 46.4 Å². The summed E-state index contributed by atoms with van der Waals surface area (Å²) in [6.45, 7) is 8.80. The van der Waals surface area contributed by atoms with Crippen molar-refractivity contribution in [2.45, 2.75) is 57.0 Å². The van der Waals surface area contributed by atoms with Crippen LogP contribution in [-0.2, 0) is 48.9 Å². The molecule has 0 fully saturated rings. The van der Waals surface area contributed by atoms with Crippen molar-refractivity contribution < 1.29 is 28.5 Å². The first-order valence-electron chi connectivity index (χ1n) is 22.9. The number of rotatable bonds is 18. The minimum absolute atomic E-state index is 0.0863. The maximum Gasteiger partial charge on any atom is 0.247 e. The van der Waals surface area contributed by atoms with Gasteiger partial charge in [-0.2, -0.15) is 15.3 Å². The average Bonchev–Trinajstić information content (AvgIpc) is 4.08. The Kier molecular flexibility index (Phi) is 15.6. The number of hydrogen-bond donors (Lipinski definition) is 4. The lowest BCUT2D eigenvalue weighted by molar-refractivity contribution is -0.112. The molecule has 0 saturated heterocycles. The number of carbonyl (C=O) groups excluding carboxylic acids is 2. The largest absolute Gasteiger partial charge is 0.495 e. The molecule has 2 amide bonds. The number of aryl methyl sites for hydroxylation is 1. The van der Waals surface area contributed by atoms with Crippen molar-refractivity contribution in [3.8, 4) is 45.6 Å². The van der Waals surface area contributed by atoms with Crippen LogP contribution < -0.4 is 34.5 Å². The van der Waals surface area contributed by atoms with Crippen molar-refractivity contribution in [2.24, 2.45) is 7.05 Å². The zero-order valence-electron chi connectivity index (χ0n) is 40.6. The molecule has 3 heterocycles. The fraction of sp³-hybridized carbons (Fsp3) is 0.353. The summed E-state index contributed by atoms with van der Waals surface area (Å²) in [5, 5.41) is 27.6. The van der Waals surface area contributed by atoms with E-state index in [0.717, 1.165) is 52.5 Å². The number of methoxy groups -OCH3 is 3. The van der Waals surface area contributed by atoms with Gasteiger partial charge in [0.1, 0.15) is 41.0 Å². The van der Waals surface area contributed by atoms with Gasteiger partial charge >= 0.3 is 0 Å². The molecule has 374 valence electrons. The second-order valence-electron chi connectivity index (χ2n) is 17.8. The number of nitrogens with zero attached hydrogens (tertiary/aromatic N) is 6. The second-order valence-corrected chi connectivity index (χ2v) is 19.3. The van der Waals surface area contributed by atoms with Crippen LogP contribution in [0.2, 0.25) is 20.1 Å². The summed E-state index contributed by atoms with van der Waals surface area (Å²) < 4.78 is 26.0. The third kappa shape index (κ3) is 10.0. The average molecular weight is 1050 g/mol. The standard InChI is InChI=1S/C51H56Cl4N10O6/c1-10-39(66)57-33-17-14-28(64(5)19-18-63(3)4)22-31(33)47-29-15-12-26(20-34(29)59-61-47)41-43(52)37(68-7)23-38(44(41)53)71-25-32-50(69-8)45(54)42(46(55)51(32)70-9)27-13-16-30-35(21-27)60-62-48(30)49-36(24-56-65(49)6)58-40(67)11-2/h10-11,14,17,22-24,26-27H,1-2,12-13,15-16,18-21,25H2,3-9H3,(H,57,66)(H,58,67)(H,59,61)(H,60,62). The zero-order chi connectivity index (χ0) is 50.8. The number of fused-ring (bicyclic) bond motifs is 2. The maximum atomic E-state index is 12.6. The van der Waals surface area contributed by atoms with Crippen molar-refractivity contribution in [3.63, 3.8) is 0 Å². The Labute approximate surface area is 432 Å². The molecule has 0 saturated carbocycles. The van der Waals surface area contributed by atoms with Crippen molar-refractivity contribution in [3.05, 3.63) is 115 Å². The number of ether oxygens (including phenoxy) is 4. The Hall–Kier alpha value is -6.17. The Bertz CT molecular complexity index is 3000. The predicted octanol–water partition coefficient (Wildman–Crippen LogP) is 10.2. The van der Waals surface area contributed by atoms with E-state index in [1.807, 2.05) is 33.3 Å². The number of halogens is 4. The van der Waals surface area contributed by atoms with Gasteiger partial charge in [0, 0.05) is 78.1 Å². The molecule has 6 aromatic rings. The minimum Gasteiger partial charge on any atom is -0.495 e. The molecule has 0 radical (unpaired) electrons. The first kappa shape index (κ1) is 51.2. The van der Waals surface area contributed by atoms with Crippen molar-refractivity contribution in [1.82, 2.24) is 35.1 Å². The van der Waals surface area contributed by atoms with Crippen LogP contribution in [0.5, 0.6) is 23.0 Å². The van der Waals surface area contributed by atoms with E-state index in [0.29, 0.717) is 121 Å². The number of H-pyrrole nitrogens is 2. The first-order chi connectivity index (χ1) is 34.1. The number of likely N-dealkylation sites (N-methyl/N-ethyl adjacent to an activating group) is 2. The molecule has 0 bridgehead atoms. The highest BCUT2D eigenvalue weighted by molar-refractivity contribution is 6.39. The minimum atomic E-state index is -0.347. The van der Waals surface area contributed by atoms with E-state index in [9.17, 15) is 9.59 Å². The van der Waals surface area contributed by atoms with Gasteiger partial charge in [0.05, 0.1) is 70.2 Å². The highest BCUT2D eigenvalue weighted by Crippen LogP contribution is 2.53. The topological polar surface area (TPSA) is 177 Å². The summed E-state index contributed by atoms with van der Waals surface area (Å²) in [4.78, 5) is 29.1. The van der Waals surface area contributed by atoms with Gasteiger partial charge in [-0.3, -0.25) is 24.5 Å². The number of anilines is 3. The molecule has 0 aliphatic heterocycles. The van der Waals surface area contributed by atoms with E-state index in [1.165, 1.54) is 26.4 Å². The molecular weight excluding hydrogens is 990 g/mol. The molecule has 3 aromatic heterocycles. The van der Waals surface area contributed by atoms with E-state index in [4.69, 9.17) is 70.4 Å². The van der Waals surface area contributed by atoms with Crippen LogP contribution in [0, 0.1) is 0 Å². The fourth-order valence-corrected chi connectivity index (χ4v) is 11.4. The van der Waals surface area contributed by atoms with E-state index in [2.05, 4.69) is 60.1 Å². The Morgan fingerprint density at radius 3 is 1.92 bits per heavy atom. The van der Waals surface area contributed by atoms with Crippen LogP contribution in [0.4, 0.5) is 17.1 Å². The van der Waals surface area contributed by atoms with Gasteiger partial charge in [0.15, 0.2) is 0 Å². The van der Waals surface area contributed by atoms with Gasteiger partial charge in [0.2, 0.25) is 11.8 Å². The summed E-state index contributed by atoms with van der Waals surface area (Å²) in [5.41, 5.74) is 10.8. The van der Waals surface area contributed by atoms with Gasteiger partial charge < -0.3 is 39.4 Å². The summed E-state index contributed by atoms with van der Waals surface area (Å²) >= 11 is 29.0. The second kappa shape index (κ2) is 21.7. The molecular formula is C51H56Cl4N10O6. The fourth-order valence-electron chi connectivity index (χ4n) is 9.65. The molecule has 2 atom stereocenters. The lowest BCUT2D eigenvalue weighted by atomic mass is 9.81. The first-order valence-corrected chi connectivity index (χ1v) is 24.5. The molecule has 0 spiro atoms. The highest BCUT2D eigenvalue weighted by Gasteiger charge is 2.35. The smallest absolute Gasteiger partial charge is 0.247 e. The predicted molar refractivity (Wildman–Crippen MR) is 281 cm³/mol. The number of aromatic nitrogens is 6. The summed E-state index contributed by atoms with van der Waals surface area (Å²) in [6.07, 6.45) is 7.76. The van der Waals surface area contributed by atoms with E-state index in [-0.39, 0.29) is 30.3 Å². The molecule has 2 aliphatic rings. The van der Waals surface area contributed by atoms with Gasteiger partial charge in [0.25, 0.3) is 0 Å². The Balaban J connectivity index is 1.06. The van der Waals surface area contributed by atoms with Gasteiger partial charge in [-0.1, -0.05) is 59.6 Å². The van der Waals surface area contributed by atoms with Gasteiger partial charge in [-0.25, -0.2) is 0 Å². The molecule has 20 heteroatoms. The van der Waals surface area contributed by atoms with Gasteiger partial charge in [-0.15, -0.1) is 0 Å². The Morgan fingerprint density at radius 1 is 0.775 bits per heavy atom. The summed E-state index contributed by atoms with van der Waals surface area (Å²) in [7, 11) is 12.5. The number of nitrogens with one attached hydrogen (secondary N) is 4. The lowest BCUT2D eigenvalue weighted by Crippen LogP contribution is -2.28. The maximum absolute atomic E-state index is 12.6. The van der Waals surface area contributed by atoms with E-state index < -0.39 is 0 Å². The van der Waals surface area contributed by atoms with Crippen LogP contribution in [-0.4, -0.2) is 102 Å². The molecule has 4 N–H and O–H groups in total. The highest BCUT2D eigenvalue weighted by atomic mass is 35.5. The lowest BCUT2D eigenvalue weighted by Gasteiger charge is -2.28. The summed E-state index contributed by atoms with van der Waals surface area (Å²) in [6, 6.07) is 7.62. The number of hydrogen-bond acceptors (Lipinski definition) is 11. The van der Waals surface area contributed by atoms with E-state index >= 15 is 0 Å². The van der Waals surface area contributed by atoms with Crippen LogP contribution in [0.15, 0.2) is 55.8 Å². The quantitative estimate of drug-likeness (QED) is 0.0603. The van der Waals surface area contributed by atoms with Crippen LogP contribution in [0.25, 0.3) is 22.6 Å². The molecule has 8 rings (SSSR count). The summed E-state index contributed by atoms with van der Waals surface area (Å²) in [5.74, 6) is 0.473. The third-order valence-corrected chi connectivity index (χ3v) is 14.9. The Morgan fingerprint density at radius 2 is 1.34 bits per heavy atom. The van der Waals surface area contributed by atoms with Crippen LogP contribution in [0.3, 0.4) is 0 Å². The number of aromatic amines is 2. The van der Waals surface area contributed by atoms with Crippen molar-refractivity contribution in [1.29, 1.82) is 0 Å². The van der Waals surface area contributed by atoms with Crippen molar-refractivity contribution in [2.75, 3.05) is 71.1 Å². The molecule has 71 heavy (non-hydrogen) atoms. The number of amides is 2. The van der Waals surface area contributed by atoms with Gasteiger partial charge in [-0.05, 0) is 94.8 Å². The monoisotopic (exact) mass is 1040 g/mol. The molecule has 3 aromatic carbocycles. The van der Waals surface area contributed by atoms with Crippen LogP contribution in [0.1, 0.15) is 63.9 Å². The molecule has 16 nitrogen and oxygen atoms in total. The van der Waals surface area contributed by atoms with E-state index in [1.54, 1.807) is 31.1 Å². The normalized spacial score (nSPS) is 15.2. The molecule has 2 unspecified atom stereocenters. The zero-order valence-corrected chi connectivity index (χ0v) is 43.6. The third-order valence-electron chi connectivity index (χ3n) is 13.3. The molecule has 2 aliphatic carbocycles.